The van der Waals surface area contributed by atoms with Crippen molar-refractivity contribution in [2.24, 2.45) is 0 Å². The molecule has 0 saturated heterocycles. The van der Waals surface area contributed by atoms with Crippen molar-refractivity contribution in [3.63, 3.8) is 0 Å². The largest absolute Gasteiger partial charge is 0.234 e. The molecule has 0 spiro atoms. The highest BCUT2D eigenvalue weighted by Crippen LogP contribution is 2.43. The molecule has 1 saturated carbocycles. The lowest BCUT2D eigenvalue weighted by Crippen LogP contribution is -2.05. The molecule has 1 heterocycles. The summed E-state index contributed by atoms with van der Waals surface area (Å²) < 4.78 is 28.3. The lowest BCUT2D eigenvalue weighted by Gasteiger charge is -2.09. The van der Waals surface area contributed by atoms with Gasteiger partial charge >= 0.3 is 0 Å². The summed E-state index contributed by atoms with van der Waals surface area (Å²) in [6.07, 6.45) is 3.95. The van der Waals surface area contributed by atoms with Gasteiger partial charge in [-0.1, -0.05) is 15.9 Å². The summed E-state index contributed by atoms with van der Waals surface area (Å²) in [5, 5.41) is 4.93. The Bertz CT molecular complexity index is 591. The standard InChI is InChI=1S/C13H11BrF2N2/c14-6-9-7-17-18(13(9)8-1-2-8)12-4-3-10(15)5-11(12)16/h3-5,7-8H,1-2,6H2. The predicted octanol–water partition coefficient (Wildman–Crippen LogP) is 3.92. The molecule has 18 heavy (non-hydrogen) atoms. The minimum atomic E-state index is -0.582. The van der Waals surface area contributed by atoms with Crippen LogP contribution in [0.5, 0.6) is 0 Å². The van der Waals surface area contributed by atoms with Crippen LogP contribution < -0.4 is 0 Å². The molecule has 3 rings (SSSR count). The van der Waals surface area contributed by atoms with Gasteiger partial charge < -0.3 is 0 Å². The molecule has 1 aliphatic carbocycles. The van der Waals surface area contributed by atoms with E-state index >= 15 is 0 Å². The van der Waals surface area contributed by atoms with Crippen molar-refractivity contribution >= 4 is 15.9 Å². The normalized spacial score (nSPS) is 15.1. The van der Waals surface area contributed by atoms with Gasteiger partial charge in [0.1, 0.15) is 11.5 Å². The third-order valence-electron chi connectivity index (χ3n) is 3.13. The van der Waals surface area contributed by atoms with Gasteiger partial charge in [-0.3, -0.25) is 0 Å². The van der Waals surface area contributed by atoms with Gasteiger partial charge in [0.2, 0.25) is 0 Å². The predicted molar refractivity (Wildman–Crippen MR) is 68.1 cm³/mol. The average Bonchev–Trinajstić information content (AvgIpc) is 3.09. The minimum Gasteiger partial charge on any atom is -0.234 e. The van der Waals surface area contributed by atoms with Gasteiger partial charge in [0.25, 0.3) is 0 Å². The van der Waals surface area contributed by atoms with E-state index in [0.717, 1.165) is 30.2 Å². The van der Waals surface area contributed by atoms with Crippen LogP contribution in [0.15, 0.2) is 24.4 Å². The highest BCUT2D eigenvalue weighted by atomic mass is 79.9. The maximum absolute atomic E-state index is 13.8. The summed E-state index contributed by atoms with van der Waals surface area (Å²) in [7, 11) is 0. The number of hydrogen-bond acceptors (Lipinski definition) is 1. The topological polar surface area (TPSA) is 17.8 Å². The van der Waals surface area contributed by atoms with Crippen molar-refractivity contribution in [2.75, 3.05) is 0 Å². The second-order valence-corrected chi connectivity index (χ2v) is 5.03. The maximum atomic E-state index is 13.8. The van der Waals surface area contributed by atoms with Gasteiger partial charge in [0, 0.05) is 22.9 Å². The van der Waals surface area contributed by atoms with Gasteiger partial charge in [-0.15, -0.1) is 0 Å². The SMILES string of the molecule is Fc1ccc(-n2ncc(CBr)c2C2CC2)c(F)c1. The summed E-state index contributed by atoms with van der Waals surface area (Å²) in [6.45, 7) is 0. The number of rotatable bonds is 3. The number of benzene rings is 1. The quantitative estimate of drug-likeness (QED) is 0.785. The van der Waals surface area contributed by atoms with Crippen LogP contribution in [0.2, 0.25) is 0 Å². The zero-order valence-electron chi connectivity index (χ0n) is 9.54. The minimum absolute atomic E-state index is 0.311. The van der Waals surface area contributed by atoms with Crippen molar-refractivity contribution < 1.29 is 8.78 Å². The van der Waals surface area contributed by atoms with Crippen LogP contribution in [0.1, 0.15) is 30.0 Å². The van der Waals surface area contributed by atoms with Crippen LogP contribution in [0.4, 0.5) is 8.78 Å². The van der Waals surface area contributed by atoms with E-state index in [2.05, 4.69) is 21.0 Å². The van der Waals surface area contributed by atoms with Crippen LogP contribution >= 0.6 is 15.9 Å². The molecule has 2 aromatic rings. The number of hydrogen-bond donors (Lipinski definition) is 0. The Morgan fingerprint density at radius 3 is 2.72 bits per heavy atom. The van der Waals surface area contributed by atoms with E-state index < -0.39 is 11.6 Å². The molecule has 5 heteroatoms. The Morgan fingerprint density at radius 1 is 1.33 bits per heavy atom. The lowest BCUT2D eigenvalue weighted by atomic mass is 10.2. The Balaban J connectivity index is 2.13. The van der Waals surface area contributed by atoms with Crippen LogP contribution in [0.25, 0.3) is 5.69 Å². The Hall–Kier alpha value is -1.23. The third-order valence-corrected chi connectivity index (χ3v) is 3.74. The lowest BCUT2D eigenvalue weighted by molar-refractivity contribution is 0.571. The molecule has 1 fully saturated rings. The van der Waals surface area contributed by atoms with Crippen molar-refractivity contribution in [1.82, 2.24) is 9.78 Å². The molecule has 0 bridgehead atoms. The van der Waals surface area contributed by atoms with Crippen molar-refractivity contribution in [1.29, 1.82) is 0 Å². The zero-order chi connectivity index (χ0) is 12.7. The first-order chi connectivity index (χ1) is 8.70. The fourth-order valence-corrected chi connectivity index (χ4v) is 2.56. The van der Waals surface area contributed by atoms with Crippen LogP contribution in [-0.4, -0.2) is 9.78 Å². The van der Waals surface area contributed by atoms with E-state index in [-0.39, 0.29) is 0 Å². The molecular formula is C13H11BrF2N2. The smallest absolute Gasteiger partial charge is 0.151 e. The fourth-order valence-electron chi connectivity index (χ4n) is 2.13. The van der Waals surface area contributed by atoms with Crippen LogP contribution in [0, 0.1) is 11.6 Å². The number of aromatic nitrogens is 2. The second kappa shape index (κ2) is 4.46. The summed E-state index contributed by atoms with van der Waals surface area (Å²) in [6, 6.07) is 3.58. The number of nitrogens with zero attached hydrogens (tertiary/aromatic N) is 2. The third kappa shape index (κ3) is 1.96. The molecule has 0 unspecified atom stereocenters. The van der Waals surface area contributed by atoms with Gasteiger partial charge in [0.05, 0.1) is 11.9 Å². The Labute approximate surface area is 112 Å². The summed E-state index contributed by atoms with van der Waals surface area (Å²) in [5.41, 5.74) is 2.42. The number of halogens is 3. The van der Waals surface area contributed by atoms with Gasteiger partial charge in [0.15, 0.2) is 5.82 Å². The molecule has 0 atom stereocenters. The fraction of sp³-hybridized carbons (Fsp3) is 0.308. The van der Waals surface area contributed by atoms with E-state index in [1.807, 2.05) is 0 Å². The van der Waals surface area contributed by atoms with Gasteiger partial charge in [-0.2, -0.15) is 5.10 Å². The molecule has 0 N–H and O–H groups in total. The molecule has 0 amide bonds. The van der Waals surface area contributed by atoms with Gasteiger partial charge in [-0.05, 0) is 25.0 Å². The summed E-state index contributed by atoms with van der Waals surface area (Å²) in [4.78, 5) is 0. The molecule has 1 aliphatic rings. The molecule has 1 aromatic carbocycles. The van der Waals surface area contributed by atoms with Crippen molar-refractivity contribution in [2.45, 2.75) is 24.1 Å². The highest BCUT2D eigenvalue weighted by Gasteiger charge is 2.30. The Morgan fingerprint density at radius 2 is 2.11 bits per heavy atom. The first kappa shape index (κ1) is 11.8. The second-order valence-electron chi connectivity index (χ2n) is 4.47. The molecular weight excluding hydrogens is 302 g/mol. The van der Waals surface area contributed by atoms with E-state index in [0.29, 0.717) is 16.9 Å². The van der Waals surface area contributed by atoms with Crippen LogP contribution in [0.3, 0.4) is 0 Å². The van der Waals surface area contributed by atoms with E-state index in [1.54, 1.807) is 10.9 Å². The van der Waals surface area contributed by atoms with E-state index in [1.165, 1.54) is 12.1 Å². The number of alkyl halides is 1. The summed E-state index contributed by atoms with van der Waals surface area (Å²) >= 11 is 3.41. The Kier molecular flexibility index (Phi) is 2.93. The van der Waals surface area contributed by atoms with E-state index in [9.17, 15) is 8.78 Å². The van der Waals surface area contributed by atoms with Gasteiger partial charge in [-0.25, -0.2) is 13.5 Å². The highest BCUT2D eigenvalue weighted by molar-refractivity contribution is 9.08. The average molecular weight is 313 g/mol. The molecule has 0 aliphatic heterocycles. The maximum Gasteiger partial charge on any atom is 0.151 e. The first-order valence-electron chi connectivity index (χ1n) is 5.79. The first-order valence-corrected chi connectivity index (χ1v) is 6.91. The molecule has 2 nitrogen and oxygen atoms in total. The summed E-state index contributed by atoms with van der Waals surface area (Å²) in [5.74, 6) is -0.706. The van der Waals surface area contributed by atoms with E-state index in [4.69, 9.17) is 0 Å². The zero-order valence-corrected chi connectivity index (χ0v) is 11.1. The van der Waals surface area contributed by atoms with Crippen LogP contribution in [-0.2, 0) is 5.33 Å². The van der Waals surface area contributed by atoms with Crippen molar-refractivity contribution in [3.05, 3.63) is 47.3 Å². The van der Waals surface area contributed by atoms with Crippen molar-refractivity contribution in [3.8, 4) is 5.69 Å². The monoisotopic (exact) mass is 312 g/mol. The molecule has 0 radical (unpaired) electrons. The molecule has 1 aromatic heterocycles. The molecule has 94 valence electrons.